The van der Waals surface area contributed by atoms with Gasteiger partial charge in [0.05, 0.1) is 11.2 Å². The van der Waals surface area contributed by atoms with E-state index in [-0.39, 0.29) is 11.2 Å². The van der Waals surface area contributed by atoms with E-state index < -0.39 is 7.12 Å². The fraction of sp³-hybridized carbons (Fsp3) is 0.273. The van der Waals surface area contributed by atoms with Gasteiger partial charge in [-0.25, -0.2) is 0 Å². The van der Waals surface area contributed by atoms with Crippen LogP contribution in [0.15, 0.2) is 48.5 Å². The second-order valence-electron chi connectivity index (χ2n) is 8.23. The van der Waals surface area contributed by atoms with Crippen LogP contribution < -0.4 is 5.46 Å². The van der Waals surface area contributed by atoms with Crippen molar-refractivity contribution in [2.24, 2.45) is 0 Å². The minimum Gasteiger partial charge on any atom is -0.399 e. The number of hydrogen-bond acceptors (Lipinski definition) is 3. The molecule has 0 radical (unpaired) electrons. The van der Waals surface area contributed by atoms with Gasteiger partial charge in [-0.05, 0) is 56.7 Å². The van der Waals surface area contributed by atoms with Gasteiger partial charge in [0.2, 0.25) is 0 Å². The predicted molar refractivity (Wildman–Crippen MR) is 118 cm³/mol. The number of benzene rings is 3. The van der Waals surface area contributed by atoms with Crippen LogP contribution in [0.2, 0.25) is 5.02 Å². The molecule has 0 atom stereocenters. The number of halogens is 1. The van der Waals surface area contributed by atoms with Crippen molar-refractivity contribution in [3.8, 4) is 0 Å². The van der Waals surface area contributed by atoms with Crippen LogP contribution in [0.5, 0.6) is 0 Å². The molecule has 1 fully saturated rings. The van der Waals surface area contributed by atoms with Gasteiger partial charge < -0.3 is 9.31 Å². The zero-order chi connectivity index (χ0) is 19.0. The summed E-state index contributed by atoms with van der Waals surface area (Å²) < 4.78 is 14.9. The molecule has 3 aromatic carbocycles. The quantitative estimate of drug-likeness (QED) is 0.360. The summed E-state index contributed by atoms with van der Waals surface area (Å²) in [4.78, 5) is 0. The molecule has 0 N–H and O–H groups in total. The van der Waals surface area contributed by atoms with E-state index >= 15 is 0 Å². The van der Waals surface area contributed by atoms with E-state index in [1.807, 2.05) is 6.07 Å². The van der Waals surface area contributed by atoms with Gasteiger partial charge in [-0.1, -0.05) is 41.9 Å². The Hall–Kier alpha value is -1.59. The zero-order valence-electron chi connectivity index (χ0n) is 15.8. The van der Waals surface area contributed by atoms with Gasteiger partial charge >= 0.3 is 7.12 Å². The van der Waals surface area contributed by atoms with E-state index in [9.17, 15) is 0 Å². The van der Waals surface area contributed by atoms with E-state index in [0.29, 0.717) is 0 Å². The summed E-state index contributed by atoms with van der Waals surface area (Å²) in [6.45, 7) is 8.24. The second kappa shape index (κ2) is 5.71. The Balaban J connectivity index is 1.73. The summed E-state index contributed by atoms with van der Waals surface area (Å²) in [5, 5.41) is 5.49. The lowest BCUT2D eigenvalue weighted by Crippen LogP contribution is -2.41. The van der Waals surface area contributed by atoms with Crippen LogP contribution in [-0.2, 0) is 9.31 Å². The van der Waals surface area contributed by atoms with Crippen LogP contribution >= 0.6 is 22.9 Å². The summed E-state index contributed by atoms with van der Waals surface area (Å²) in [5.74, 6) is 0. The Kier molecular flexibility index (Phi) is 3.70. The molecular weight excluding hydrogens is 375 g/mol. The fourth-order valence-electron chi connectivity index (χ4n) is 3.68. The summed E-state index contributed by atoms with van der Waals surface area (Å²) in [7, 11) is -0.456. The molecule has 5 heteroatoms. The third kappa shape index (κ3) is 2.55. The van der Waals surface area contributed by atoms with E-state index in [4.69, 9.17) is 20.9 Å². The van der Waals surface area contributed by atoms with Crippen molar-refractivity contribution in [2.75, 3.05) is 0 Å². The topological polar surface area (TPSA) is 18.5 Å². The fourth-order valence-corrected chi connectivity index (χ4v) is 5.24. The maximum Gasteiger partial charge on any atom is 0.496 e. The van der Waals surface area contributed by atoms with Crippen LogP contribution in [0.3, 0.4) is 0 Å². The first kappa shape index (κ1) is 17.5. The lowest BCUT2D eigenvalue weighted by Gasteiger charge is -2.32. The number of fused-ring (bicyclic) bond motifs is 4. The van der Waals surface area contributed by atoms with Crippen LogP contribution in [0.4, 0.5) is 0 Å². The van der Waals surface area contributed by atoms with Gasteiger partial charge in [0.15, 0.2) is 0 Å². The third-order valence-corrected chi connectivity index (χ3v) is 7.50. The number of hydrogen-bond donors (Lipinski definition) is 0. The minimum atomic E-state index is -0.456. The molecule has 0 spiro atoms. The van der Waals surface area contributed by atoms with Crippen LogP contribution in [0.1, 0.15) is 27.7 Å². The maximum absolute atomic E-state index is 6.93. The summed E-state index contributed by atoms with van der Waals surface area (Å²) in [6.07, 6.45) is 0. The Morgan fingerprint density at radius 2 is 1.48 bits per heavy atom. The van der Waals surface area contributed by atoms with Crippen molar-refractivity contribution in [1.82, 2.24) is 0 Å². The average Bonchev–Trinajstić information content (AvgIpc) is 3.06. The van der Waals surface area contributed by atoms with Crippen LogP contribution in [-0.4, -0.2) is 18.3 Å². The molecule has 5 rings (SSSR count). The monoisotopic (exact) mass is 394 g/mol. The van der Waals surface area contributed by atoms with E-state index in [2.05, 4.69) is 70.2 Å². The highest BCUT2D eigenvalue weighted by Gasteiger charge is 2.52. The van der Waals surface area contributed by atoms with Crippen molar-refractivity contribution in [1.29, 1.82) is 0 Å². The normalized spacial score (nSPS) is 18.8. The largest absolute Gasteiger partial charge is 0.496 e. The first-order valence-corrected chi connectivity index (χ1v) is 10.4. The van der Waals surface area contributed by atoms with Gasteiger partial charge in [-0.15, -0.1) is 11.3 Å². The summed E-state index contributed by atoms with van der Waals surface area (Å²) in [6, 6.07) is 17.1. The molecule has 2 nitrogen and oxygen atoms in total. The second-order valence-corrected chi connectivity index (χ2v) is 9.69. The van der Waals surface area contributed by atoms with E-state index in [0.717, 1.165) is 15.9 Å². The SMILES string of the molecule is CC1(C)OB(c2ccc3sc4cc5ccccc5cc4c3c2Cl)OC1(C)C. The Morgan fingerprint density at radius 3 is 2.15 bits per heavy atom. The molecule has 1 aliphatic rings. The molecule has 1 saturated heterocycles. The van der Waals surface area contributed by atoms with Crippen LogP contribution in [0, 0.1) is 0 Å². The van der Waals surface area contributed by atoms with Gasteiger partial charge in [0.1, 0.15) is 0 Å². The molecule has 0 aliphatic carbocycles. The Bertz CT molecular complexity index is 1200. The Morgan fingerprint density at radius 1 is 0.852 bits per heavy atom. The molecule has 1 aromatic heterocycles. The van der Waals surface area contributed by atoms with Crippen molar-refractivity contribution in [3.63, 3.8) is 0 Å². The number of thiophene rings is 1. The van der Waals surface area contributed by atoms with Crippen molar-refractivity contribution >= 4 is 66.5 Å². The van der Waals surface area contributed by atoms with Gasteiger partial charge in [0, 0.05) is 30.7 Å². The average molecular weight is 395 g/mol. The standard InChI is InChI=1S/C22H20BClO2S/c1-21(2)22(3,4)26-23(25-21)16-9-10-17-19(20(16)24)15-11-13-7-5-6-8-14(13)12-18(15)27-17/h5-12H,1-4H3. The van der Waals surface area contributed by atoms with E-state index in [1.54, 1.807) is 11.3 Å². The molecule has 0 bridgehead atoms. The molecule has 1 aliphatic heterocycles. The van der Waals surface area contributed by atoms with Crippen molar-refractivity contribution < 1.29 is 9.31 Å². The van der Waals surface area contributed by atoms with Crippen LogP contribution in [0.25, 0.3) is 30.9 Å². The van der Waals surface area contributed by atoms with Crippen molar-refractivity contribution in [2.45, 2.75) is 38.9 Å². The molecular formula is C22H20BClO2S. The van der Waals surface area contributed by atoms with Gasteiger partial charge in [-0.2, -0.15) is 0 Å². The molecule has 4 aromatic rings. The smallest absolute Gasteiger partial charge is 0.399 e. The molecule has 0 amide bonds. The lowest BCUT2D eigenvalue weighted by atomic mass is 9.78. The molecule has 0 unspecified atom stereocenters. The number of rotatable bonds is 1. The zero-order valence-corrected chi connectivity index (χ0v) is 17.4. The predicted octanol–water partition coefficient (Wildman–Crippen LogP) is 6.16. The van der Waals surface area contributed by atoms with Gasteiger partial charge in [0.25, 0.3) is 0 Å². The first-order valence-electron chi connectivity index (χ1n) is 9.16. The minimum absolute atomic E-state index is 0.386. The first-order chi connectivity index (χ1) is 12.8. The Labute approximate surface area is 168 Å². The van der Waals surface area contributed by atoms with E-state index in [1.165, 1.54) is 25.6 Å². The maximum atomic E-state index is 6.93. The molecule has 27 heavy (non-hydrogen) atoms. The summed E-state index contributed by atoms with van der Waals surface area (Å²) >= 11 is 8.70. The third-order valence-electron chi connectivity index (χ3n) is 5.98. The molecule has 2 heterocycles. The highest BCUT2D eigenvalue weighted by Crippen LogP contribution is 2.41. The molecule has 0 saturated carbocycles. The van der Waals surface area contributed by atoms with Gasteiger partial charge in [-0.3, -0.25) is 0 Å². The summed E-state index contributed by atoms with van der Waals surface area (Å²) in [5.41, 5.74) is 0.127. The highest BCUT2D eigenvalue weighted by atomic mass is 35.5. The lowest BCUT2D eigenvalue weighted by molar-refractivity contribution is 0.00578. The molecule has 136 valence electrons. The van der Waals surface area contributed by atoms with Crippen molar-refractivity contribution in [3.05, 3.63) is 53.6 Å². The highest BCUT2D eigenvalue weighted by molar-refractivity contribution is 7.26.